The molecule has 2 heterocycles. The van der Waals surface area contributed by atoms with Crippen molar-refractivity contribution in [2.24, 2.45) is 7.05 Å². The van der Waals surface area contributed by atoms with Gasteiger partial charge in [0.2, 0.25) is 5.91 Å². The maximum absolute atomic E-state index is 13.4. The summed E-state index contributed by atoms with van der Waals surface area (Å²) >= 11 is 0. The second kappa shape index (κ2) is 9.43. The molecular weight excluding hydrogens is 386 g/mol. The Bertz CT molecular complexity index is 1060. The van der Waals surface area contributed by atoms with Crippen LogP contribution in [-0.4, -0.2) is 33.5 Å². The summed E-state index contributed by atoms with van der Waals surface area (Å²) in [6, 6.07) is 16.7. The number of fused-ring (bicyclic) bond motifs is 5. The number of rotatable bonds is 7. The van der Waals surface area contributed by atoms with Gasteiger partial charge in [-0.05, 0) is 24.5 Å². The number of anilines is 1. The maximum atomic E-state index is 13.4. The fourth-order valence-corrected chi connectivity index (χ4v) is 4.43. The van der Waals surface area contributed by atoms with E-state index in [-0.39, 0.29) is 5.91 Å². The summed E-state index contributed by atoms with van der Waals surface area (Å²) in [5.41, 5.74) is 5.81. The highest BCUT2D eigenvalue weighted by atomic mass is 16.2. The number of nitrogens with one attached hydrogen (secondary N) is 1. The van der Waals surface area contributed by atoms with Gasteiger partial charge in [-0.15, -0.1) is 5.10 Å². The average Bonchev–Trinajstić information content (AvgIpc) is 3.16. The van der Waals surface area contributed by atoms with Crippen molar-refractivity contribution in [3.05, 3.63) is 54.1 Å². The van der Waals surface area contributed by atoms with Crippen LogP contribution in [0.15, 0.2) is 48.5 Å². The molecule has 162 valence electrons. The maximum Gasteiger partial charge on any atom is 0.228 e. The van der Waals surface area contributed by atoms with E-state index in [1.807, 2.05) is 42.3 Å². The highest BCUT2D eigenvalue weighted by Gasteiger charge is 2.28. The monoisotopic (exact) mass is 417 g/mol. The summed E-state index contributed by atoms with van der Waals surface area (Å²) in [4.78, 5) is 15.4. The first-order valence-electron chi connectivity index (χ1n) is 11.2. The van der Waals surface area contributed by atoms with Crippen molar-refractivity contribution in [3.63, 3.8) is 0 Å². The molecule has 1 aliphatic rings. The van der Waals surface area contributed by atoms with Crippen LogP contribution < -0.4 is 10.2 Å². The Hall–Kier alpha value is -2.99. The largest absolute Gasteiger partial charge is 0.313 e. The molecule has 1 unspecified atom stereocenters. The minimum Gasteiger partial charge on any atom is -0.313 e. The fourth-order valence-electron chi connectivity index (χ4n) is 4.43. The average molecular weight is 418 g/mol. The summed E-state index contributed by atoms with van der Waals surface area (Å²) < 4.78 is 1.80. The zero-order valence-corrected chi connectivity index (χ0v) is 18.6. The van der Waals surface area contributed by atoms with Crippen molar-refractivity contribution < 1.29 is 4.79 Å². The predicted molar refractivity (Wildman–Crippen MR) is 125 cm³/mol. The minimum atomic E-state index is 0.125. The van der Waals surface area contributed by atoms with E-state index in [2.05, 4.69) is 47.7 Å². The van der Waals surface area contributed by atoms with E-state index < -0.39 is 0 Å². The quantitative estimate of drug-likeness (QED) is 0.612. The number of nitrogens with zero attached hydrogens (tertiary/aromatic N) is 4. The van der Waals surface area contributed by atoms with Crippen LogP contribution in [0.3, 0.4) is 0 Å². The fraction of sp³-hybridized carbons (Fsp3) is 0.400. The van der Waals surface area contributed by atoms with Crippen molar-refractivity contribution in [2.45, 2.75) is 52.1 Å². The molecule has 1 aromatic heterocycles. The molecular formula is C25H31N5O. The van der Waals surface area contributed by atoms with Gasteiger partial charge in [-0.25, -0.2) is 4.68 Å². The molecule has 1 N–H and O–H groups in total. The van der Waals surface area contributed by atoms with E-state index >= 15 is 0 Å². The van der Waals surface area contributed by atoms with Gasteiger partial charge in [0.15, 0.2) is 0 Å². The predicted octanol–water partition coefficient (Wildman–Crippen LogP) is 4.55. The Morgan fingerprint density at radius 1 is 1.10 bits per heavy atom. The van der Waals surface area contributed by atoms with Gasteiger partial charge in [-0.3, -0.25) is 4.79 Å². The topological polar surface area (TPSA) is 63.1 Å². The summed E-state index contributed by atoms with van der Waals surface area (Å²) in [5, 5.41) is 12.3. The molecule has 0 bridgehead atoms. The molecule has 1 amide bonds. The highest BCUT2D eigenvalue weighted by Crippen LogP contribution is 2.40. The molecule has 1 atom stereocenters. The van der Waals surface area contributed by atoms with Gasteiger partial charge in [-0.2, -0.15) is 0 Å². The van der Waals surface area contributed by atoms with Gasteiger partial charge in [0, 0.05) is 37.2 Å². The molecule has 0 saturated carbocycles. The lowest BCUT2D eigenvalue weighted by atomic mass is 9.95. The summed E-state index contributed by atoms with van der Waals surface area (Å²) in [7, 11) is 1.90. The van der Waals surface area contributed by atoms with Gasteiger partial charge in [0.05, 0.1) is 17.9 Å². The molecule has 3 aromatic rings. The van der Waals surface area contributed by atoms with Crippen LogP contribution in [0.1, 0.15) is 45.1 Å². The number of aromatic nitrogens is 3. The van der Waals surface area contributed by atoms with E-state index in [9.17, 15) is 4.79 Å². The zero-order valence-electron chi connectivity index (χ0n) is 18.6. The van der Waals surface area contributed by atoms with Crippen LogP contribution in [0.4, 0.5) is 5.69 Å². The number of aryl methyl sites for hydroxylation is 1. The van der Waals surface area contributed by atoms with E-state index in [1.54, 1.807) is 4.68 Å². The van der Waals surface area contributed by atoms with Crippen LogP contribution in [0.25, 0.3) is 22.5 Å². The summed E-state index contributed by atoms with van der Waals surface area (Å²) in [6.45, 7) is 5.61. The normalized spacial score (nSPS) is 13.6. The van der Waals surface area contributed by atoms with E-state index in [4.69, 9.17) is 0 Å². The first kappa shape index (κ1) is 21.2. The molecule has 0 radical (unpaired) electrons. The second-order valence-electron chi connectivity index (χ2n) is 8.16. The minimum absolute atomic E-state index is 0.125. The molecule has 1 aliphatic heterocycles. The van der Waals surface area contributed by atoms with Crippen LogP contribution in [-0.2, 0) is 18.4 Å². The third-order valence-corrected chi connectivity index (χ3v) is 6.08. The van der Waals surface area contributed by atoms with Gasteiger partial charge in [0.25, 0.3) is 0 Å². The lowest BCUT2D eigenvalue weighted by Crippen LogP contribution is -2.36. The molecule has 0 fully saturated rings. The number of amides is 1. The Morgan fingerprint density at radius 2 is 1.84 bits per heavy atom. The molecule has 4 rings (SSSR count). The summed E-state index contributed by atoms with van der Waals surface area (Å²) in [5.74, 6) is 0.125. The Morgan fingerprint density at radius 3 is 2.61 bits per heavy atom. The van der Waals surface area contributed by atoms with Crippen molar-refractivity contribution in [1.82, 2.24) is 20.3 Å². The van der Waals surface area contributed by atoms with Crippen LogP contribution in [0.2, 0.25) is 0 Å². The van der Waals surface area contributed by atoms with E-state index in [0.717, 1.165) is 53.0 Å². The first-order chi connectivity index (χ1) is 15.1. The number of hydrogen-bond acceptors (Lipinski definition) is 4. The molecule has 0 saturated heterocycles. The molecule has 0 spiro atoms. The number of hydrogen-bond donors (Lipinski definition) is 1. The van der Waals surface area contributed by atoms with E-state index in [0.29, 0.717) is 25.6 Å². The third-order valence-electron chi connectivity index (χ3n) is 6.08. The van der Waals surface area contributed by atoms with Crippen molar-refractivity contribution in [1.29, 1.82) is 0 Å². The Balaban J connectivity index is 1.69. The van der Waals surface area contributed by atoms with Crippen LogP contribution in [0, 0.1) is 0 Å². The highest BCUT2D eigenvalue weighted by molar-refractivity contribution is 6.00. The zero-order chi connectivity index (χ0) is 21.8. The first-order valence-corrected chi connectivity index (χ1v) is 11.2. The third kappa shape index (κ3) is 4.26. The number of carbonyl (C=O) groups is 1. The number of para-hydroxylation sites is 1. The number of benzene rings is 2. The van der Waals surface area contributed by atoms with E-state index in [1.165, 1.54) is 0 Å². The summed E-state index contributed by atoms with van der Waals surface area (Å²) in [6.07, 6.45) is 3.84. The Labute approximate surface area is 184 Å². The lowest BCUT2D eigenvalue weighted by molar-refractivity contribution is -0.118. The van der Waals surface area contributed by atoms with Crippen LogP contribution >= 0.6 is 0 Å². The smallest absolute Gasteiger partial charge is 0.228 e. The molecule has 31 heavy (non-hydrogen) atoms. The molecule has 6 nitrogen and oxygen atoms in total. The Kier molecular flexibility index (Phi) is 6.47. The van der Waals surface area contributed by atoms with Gasteiger partial charge in [-0.1, -0.05) is 67.9 Å². The SMILES string of the molecule is CCCC(CC)NCCC(=O)N1Cc2ccccc2-c2nnn(C)c2-c2ccccc21. The van der Waals surface area contributed by atoms with Crippen molar-refractivity contribution >= 4 is 11.6 Å². The van der Waals surface area contributed by atoms with Gasteiger partial charge >= 0.3 is 0 Å². The van der Waals surface area contributed by atoms with Gasteiger partial charge < -0.3 is 10.2 Å². The van der Waals surface area contributed by atoms with Crippen molar-refractivity contribution in [2.75, 3.05) is 11.4 Å². The molecule has 0 aliphatic carbocycles. The standard InChI is InChI=1S/C25H31N5O/c1-4-10-19(5-2)26-16-15-23(31)30-17-18-11-6-7-12-20(18)24-25(29(3)28-27-24)21-13-8-9-14-22(21)30/h6-9,11-14,19,26H,4-5,10,15-17H2,1-3H3. The molecule has 6 heteroatoms. The molecule has 2 aromatic carbocycles. The second-order valence-corrected chi connectivity index (χ2v) is 8.16. The van der Waals surface area contributed by atoms with Crippen LogP contribution in [0.5, 0.6) is 0 Å². The van der Waals surface area contributed by atoms with Gasteiger partial charge in [0.1, 0.15) is 5.69 Å². The lowest BCUT2D eigenvalue weighted by Gasteiger charge is -2.29. The number of carbonyl (C=O) groups excluding carboxylic acids is 1. The van der Waals surface area contributed by atoms with Crippen molar-refractivity contribution in [3.8, 4) is 22.5 Å².